The van der Waals surface area contributed by atoms with Crippen LogP contribution in [0.15, 0.2) is 47.7 Å². The van der Waals surface area contributed by atoms with Crippen LogP contribution in [0.3, 0.4) is 0 Å². The maximum atomic E-state index is 12.6. The van der Waals surface area contributed by atoms with Crippen molar-refractivity contribution in [3.63, 3.8) is 0 Å². The van der Waals surface area contributed by atoms with Gasteiger partial charge in [0, 0.05) is 11.9 Å². The molecule has 0 spiro atoms. The van der Waals surface area contributed by atoms with Crippen molar-refractivity contribution in [2.75, 3.05) is 0 Å². The molecule has 0 saturated carbocycles. The summed E-state index contributed by atoms with van der Waals surface area (Å²) in [6.45, 7) is 3.98. The van der Waals surface area contributed by atoms with Crippen molar-refractivity contribution in [1.82, 2.24) is 19.5 Å². The Morgan fingerprint density at radius 3 is 2.81 bits per heavy atom. The van der Waals surface area contributed by atoms with Crippen molar-refractivity contribution in [1.29, 1.82) is 0 Å². The first-order valence-corrected chi connectivity index (χ1v) is 6.96. The highest BCUT2D eigenvalue weighted by molar-refractivity contribution is 5.72. The summed E-state index contributed by atoms with van der Waals surface area (Å²) in [4.78, 5) is 25.6. The molecule has 5 nitrogen and oxygen atoms in total. The molecule has 0 aliphatic heterocycles. The molecule has 3 aromatic rings. The molecule has 0 aliphatic rings. The minimum Gasteiger partial charge on any atom is -0.289 e. The molecule has 106 valence electrons. The van der Waals surface area contributed by atoms with Crippen LogP contribution in [0.1, 0.15) is 30.8 Å². The molecule has 0 N–H and O–H groups in total. The zero-order valence-electron chi connectivity index (χ0n) is 12.0. The standard InChI is InChI=1S/C16H16N4O/c1-3-14(13-8-4-6-11(2)19-13)20-10-18-15-12(16(20)21)7-5-9-17-15/h4-10,14H,3H2,1-2H3/t14-/m0/s1. The molecule has 0 unspecified atom stereocenters. The van der Waals surface area contributed by atoms with E-state index < -0.39 is 0 Å². The zero-order chi connectivity index (χ0) is 14.8. The van der Waals surface area contributed by atoms with E-state index in [9.17, 15) is 4.79 Å². The number of aryl methyl sites for hydroxylation is 1. The van der Waals surface area contributed by atoms with Crippen LogP contribution in [0.4, 0.5) is 0 Å². The molecule has 0 amide bonds. The Kier molecular flexibility index (Phi) is 3.48. The number of rotatable bonds is 3. The molecule has 0 fully saturated rings. The lowest BCUT2D eigenvalue weighted by atomic mass is 10.1. The summed E-state index contributed by atoms with van der Waals surface area (Å²) >= 11 is 0. The van der Waals surface area contributed by atoms with Crippen molar-refractivity contribution >= 4 is 11.0 Å². The second-order valence-corrected chi connectivity index (χ2v) is 4.96. The van der Waals surface area contributed by atoms with Crippen LogP contribution in [0.2, 0.25) is 0 Å². The molecular formula is C16H16N4O. The Labute approximate surface area is 122 Å². The molecule has 0 aliphatic carbocycles. The minimum atomic E-state index is -0.116. The molecule has 0 bridgehead atoms. The lowest BCUT2D eigenvalue weighted by Crippen LogP contribution is -2.26. The first kappa shape index (κ1) is 13.4. The monoisotopic (exact) mass is 280 g/mol. The van der Waals surface area contributed by atoms with E-state index in [4.69, 9.17) is 0 Å². The summed E-state index contributed by atoms with van der Waals surface area (Å²) in [5, 5.41) is 0.533. The average Bonchev–Trinajstić information content (AvgIpc) is 2.51. The van der Waals surface area contributed by atoms with E-state index in [2.05, 4.69) is 15.0 Å². The summed E-state index contributed by atoms with van der Waals surface area (Å²) in [5.41, 5.74) is 2.22. The number of nitrogens with zero attached hydrogens (tertiary/aromatic N) is 4. The third kappa shape index (κ3) is 2.42. The minimum absolute atomic E-state index is 0.0803. The van der Waals surface area contributed by atoms with Crippen LogP contribution >= 0.6 is 0 Å². The smallest absolute Gasteiger partial charge is 0.263 e. The second-order valence-electron chi connectivity index (χ2n) is 4.96. The highest BCUT2D eigenvalue weighted by Gasteiger charge is 2.16. The van der Waals surface area contributed by atoms with Crippen molar-refractivity contribution in [2.24, 2.45) is 0 Å². The Bertz CT molecular complexity index is 841. The summed E-state index contributed by atoms with van der Waals surface area (Å²) < 4.78 is 1.64. The lowest BCUT2D eigenvalue weighted by Gasteiger charge is -2.18. The van der Waals surface area contributed by atoms with Gasteiger partial charge >= 0.3 is 0 Å². The van der Waals surface area contributed by atoms with Crippen molar-refractivity contribution in [3.8, 4) is 0 Å². The number of fused-ring (bicyclic) bond motifs is 1. The Morgan fingerprint density at radius 1 is 1.19 bits per heavy atom. The van der Waals surface area contributed by atoms with Crippen LogP contribution in [0, 0.1) is 6.92 Å². The molecule has 0 radical (unpaired) electrons. The van der Waals surface area contributed by atoms with Gasteiger partial charge in [-0.15, -0.1) is 0 Å². The molecule has 0 aromatic carbocycles. The summed E-state index contributed by atoms with van der Waals surface area (Å²) in [6, 6.07) is 9.24. The van der Waals surface area contributed by atoms with Gasteiger partial charge in [0.1, 0.15) is 6.33 Å². The highest BCUT2D eigenvalue weighted by atomic mass is 16.1. The van der Waals surface area contributed by atoms with Crippen molar-refractivity contribution in [2.45, 2.75) is 26.3 Å². The molecule has 3 rings (SSSR count). The van der Waals surface area contributed by atoms with Gasteiger partial charge in [-0.3, -0.25) is 14.3 Å². The number of pyridine rings is 2. The number of aromatic nitrogens is 4. The van der Waals surface area contributed by atoms with Gasteiger partial charge < -0.3 is 0 Å². The maximum Gasteiger partial charge on any atom is 0.263 e. The molecular weight excluding hydrogens is 264 g/mol. The lowest BCUT2D eigenvalue weighted by molar-refractivity contribution is 0.530. The first-order chi connectivity index (χ1) is 10.2. The Hall–Kier alpha value is -2.56. The third-order valence-corrected chi connectivity index (χ3v) is 3.53. The zero-order valence-corrected chi connectivity index (χ0v) is 12.0. The quantitative estimate of drug-likeness (QED) is 0.739. The van der Waals surface area contributed by atoms with Gasteiger partial charge in [-0.05, 0) is 37.6 Å². The largest absolute Gasteiger partial charge is 0.289 e. The molecule has 21 heavy (non-hydrogen) atoms. The summed E-state index contributed by atoms with van der Waals surface area (Å²) in [7, 11) is 0. The third-order valence-electron chi connectivity index (χ3n) is 3.53. The van der Waals surface area contributed by atoms with Crippen LogP contribution in [-0.4, -0.2) is 19.5 Å². The predicted molar refractivity (Wildman–Crippen MR) is 81.2 cm³/mol. The average molecular weight is 280 g/mol. The fourth-order valence-corrected chi connectivity index (χ4v) is 2.50. The van der Waals surface area contributed by atoms with Crippen molar-refractivity contribution in [3.05, 3.63) is 64.6 Å². The van der Waals surface area contributed by atoms with E-state index in [1.807, 2.05) is 32.0 Å². The van der Waals surface area contributed by atoms with E-state index in [1.54, 1.807) is 29.2 Å². The predicted octanol–water partition coefficient (Wildman–Crippen LogP) is 2.49. The van der Waals surface area contributed by atoms with Gasteiger partial charge in [0.2, 0.25) is 0 Å². The highest BCUT2D eigenvalue weighted by Crippen LogP contribution is 2.19. The number of hydrogen-bond donors (Lipinski definition) is 0. The molecule has 0 saturated heterocycles. The SMILES string of the molecule is CC[C@@H](c1cccc(C)n1)n1cnc2ncccc2c1=O. The van der Waals surface area contributed by atoms with Crippen LogP contribution in [0.25, 0.3) is 11.0 Å². The molecule has 3 aromatic heterocycles. The van der Waals surface area contributed by atoms with Crippen molar-refractivity contribution < 1.29 is 0 Å². The second kappa shape index (κ2) is 5.44. The summed E-state index contributed by atoms with van der Waals surface area (Å²) in [5.74, 6) is 0. The topological polar surface area (TPSA) is 60.7 Å². The Balaban J connectivity index is 2.18. The van der Waals surface area contributed by atoms with Gasteiger partial charge in [0.15, 0.2) is 5.65 Å². The van der Waals surface area contributed by atoms with Gasteiger partial charge in [-0.25, -0.2) is 9.97 Å². The van der Waals surface area contributed by atoms with E-state index in [0.717, 1.165) is 17.8 Å². The van der Waals surface area contributed by atoms with E-state index in [-0.39, 0.29) is 11.6 Å². The van der Waals surface area contributed by atoms with Gasteiger partial charge in [-0.1, -0.05) is 13.0 Å². The van der Waals surface area contributed by atoms with E-state index >= 15 is 0 Å². The van der Waals surface area contributed by atoms with Gasteiger partial charge in [0.25, 0.3) is 5.56 Å². The number of hydrogen-bond acceptors (Lipinski definition) is 4. The van der Waals surface area contributed by atoms with Gasteiger partial charge in [-0.2, -0.15) is 0 Å². The van der Waals surface area contributed by atoms with E-state index in [0.29, 0.717) is 11.0 Å². The molecule has 1 atom stereocenters. The van der Waals surface area contributed by atoms with Crippen LogP contribution < -0.4 is 5.56 Å². The molecule has 5 heteroatoms. The maximum absolute atomic E-state index is 12.6. The fraction of sp³-hybridized carbons (Fsp3) is 0.250. The normalized spacial score (nSPS) is 12.5. The first-order valence-electron chi connectivity index (χ1n) is 6.96. The Morgan fingerprint density at radius 2 is 2.05 bits per heavy atom. The summed E-state index contributed by atoms with van der Waals surface area (Å²) in [6.07, 6.45) is 3.97. The van der Waals surface area contributed by atoms with Crippen LogP contribution in [-0.2, 0) is 0 Å². The molecule has 3 heterocycles. The van der Waals surface area contributed by atoms with Crippen LogP contribution in [0.5, 0.6) is 0 Å². The fourth-order valence-electron chi connectivity index (χ4n) is 2.50. The van der Waals surface area contributed by atoms with Gasteiger partial charge in [0.05, 0.1) is 17.1 Å². The van der Waals surface area contributed by atoms with E-state index in [1.165, 1.54) is 0 Å².